The zero-order valence-electron chi connectivity index (χ0n) is 4.67. The SMILES string of the molecule is N#C[C@H]1C[C@@H](CO)C1. The normalized spacial score (nSPS) is 35.5. The van der Waals surface area contributed by atoms with Crippen LogP contribution in [0.25, 0.3) is 0 Å². The molecule has 0 amide bonds. The Bertz CT molecular complexity index is 110. The molecular formula is C6H9NO. The van der Waals surface area contributed by atoms with E-state index in [1.807, 2.05) is 0 Å². The highest BCUT2D eigenvalue weighted by atomic mass is 16.3. The number of aliphatic hydroxyl groups excluding tert-OH is 1. The number of rotatable bonds is 1. The fourth-order valence-electron chi connectivity index (χ4n) is 0.990. The van der Waals surface area contributed by atoms with E-state index in [2.05, 4.69) is 6.07 Å². The van der Waals surface area contributed by atoms with Gasteiger partial charge in [0, 0.05) is 12.5 Å². The van der Waals surface area contributed by atoms with Crippen molar-refractivity contribution in [3.05, 3.63) is 0 Å². The van der Waals surface area contributed by atoms with Crippen LogP contribution in [0.3, 0.4) is 0 Å². The van der Waals surface area contributed by atoms with Crippen molar-refractivity contribution in [3.8, 4) is 6.07 Å². The van der Waals surface area contributed by atoms with Crippen molar-refractivity contribution in [2.45, 2.75) is 12.8 Å². The van der Waals surface area contributed by atoms with Gasteiger partial charge in [0.05, 0.1) is 6.07 Å². The van der Waals surface area contributed by atoms with Gasteiger partial charge in [-0.05, 0) is 18.8 Å². The molecule has 0 aromatic carbocycles. The highest BCUT2D eigenvalue weighted by Crippen LogP contribution is 2.31. The quantitative estimate of drug-likeness (QED) is 0.536. The van der Waals surface area contributed by atoms with E-state index < -0.39 is 0 Å². The second kappa shape index (κ2) is 2.15. The number of nitriles is 1. The smallest absolute Gasteiger partial charge is 0.0656 e. The molecule has 0 aromatic rings. The first kappa shape index (κ1) is 5.58. The molecule has 1 rings (SSSR count). The van der Waals surface area contributed by atoms with E-state index in [9.17, 15) is 0 Å². The fourth-order valence-corrected chi connectivity index (χ4v) is 0.990. The van der Waals surface area contributed by atoms with E-state index in [0.717, 1.165) is 12.8 Å². The highest BCUT2D eigenvalue weighted by Gasteiger charge is 2.27. The number of hydrogen-bond acceptors (Lipinski definition) is 2. The monoisotopic (exact) mass is 111 g/mol. The van der Waals surface area contributed by atoms with Crippen LogP contribution in [0.2, 0.25) is 0 Å². The molecular weight excluding hydrogens is 102 g/mol. The van der Waals surface area contributed by atoms with Gasteiger partial charge in [-0.2, -0.15) is 5.26 Å². The minimum atomic E-state index is 0.243. The summed E-state index contributed by atoms with van der Waals surface area (Å²) < 4.78 is 0. The van der Waals surface area contributed by atoms with Gasteiger partial charge in [0.2, 0.25) is 0 Å². The lowest BCUT2D eigenvalue weighted by molar-refractivity contribution is 0.133. The van der Waals surface area contributed by atoms with E-state index in [1.54, 1.807) is 0 Å². The van der Waals surface area contributed by atoms with Gasteiger partial charge in [0.15, 0.2) is 0 Å². The van der Waals surface area contributed by atoms with Gasteiger partial charge in [0.1, 0.15) is 0 Å². The maximum absolute atomic E-state index is 8.49. The van der Waals surface area contributed by atoms with Crippen molar-refractivity contribution in [2.24, 2.45) is 11.8 Å². The van der Waals surface area contributed by atoms with Gasteiger partial charge < -0.3 is 5.11 Å². The zero-order valence-corrected chi connectivity index (χ0v) is 4.67. The van der Waals surface area contributed by atoms with E-state index in [0.29, 0.717) is 5.92 Å². The first-order valence-corrected chi connectivity index (χ1v) is 2.87. The Morgan fingerprint density at radius 1 is 1.62 bits per heavy atom. The van der Waals surface area contributed by atoms with Crippen LogP contribution in [-0.4, -0.2) is 11.7 Å². The van der Waals surface area contributed by atoms with E-state index >= 15 is 0 Å². The third kappa shape index (κ3) is 0.823. The van der Waals surface area contributed by atoms with Crippen molar-refractivity contribution in [1.29, 1.82) is 5.26 Å². The summed E-state index contributed by atoms with van der Waals surface area (Å²) in [5.74, 6) is 0.673. The predicted molar refractivity (Wildman–Crippen MR) is 28.9 cm³/mol. The minimum absolute atomic E-state index is 0.243. The third-order valence-electron chi connectivity index (χ3n) is 1.68. The van der Waals surface area contributed by atoms with Gasteiger partial charge in [-0.25, -0.2) is 0 Å². The van der Waals surface area contributed by atoms with E-state index in [4.69, 9.17) is 10.4 Å². The molecule has 8 heavy (non-hydrogen) atoms. The van der Waals surface area contributed by atoms with Crippen LogP contribution in [0.4, 0.5) is 0 Å². The van der Waals surface area contributed by atoms with Crippen LogP contribution in [0.1, 0.15) is 12.8 Å². The molecule has 0 aliphatic heterocycles. The molecule has 44 valence electrons. The van der Waals surface area contributed by atoms with Crippen LogP contribution in [0.15, 0.2) is 0 Å². The summed E-state index contributed by atoms with van der Waals surface area (Å²) in [6.45, 7) is 0.262. The molecule has 1 saturated carbocycles. The van der Waals surface area contributed by atoms with Crippen LogP contribution in [0.5, 0.6) is 0 Å². The van der Waals surface area contributed by atoms with Crippen LogP contribution >= 0.6 is 0 Å². The molecule has 1 aliphatic carbocycles. The summed E-state index contributed by atoms with van der Waals surface area (Å²) in [5.41, 5.74) is 0. The molecule has 0 spiro atoms. The molecule has 2 heteroatoms. The topological polar surface area (TPSA) is 44.0 Å². The second-order valence-electron chi connectivity index (χ2n) is 2.35. The summed E-state index contributed by atoms with van der Waals surface area (Å²) in [6, 6.07) is 2.15. The minimum Gasteiger partial charge on any atom is -0.396 e. The molecule has 1 aliphatic rings. The van der Waals surface area contributed by atoms with Crippen molar-refractivity contribution >= 4 is 0 Å². The van der Waals surface area contributed by atoms with Gasteiger partial charge >= 0.3 is 0 Å². The summed E-state index contributed by atoms with van der Waals surface area (Å²) in [4.78, 5) is 0. The number of hydrogen-bond donors (Lipinski definition) is 1. The fraction of sp³-hybridized carbons (Fsp3) is 0.833. The molecule has 0 unspecified atom stereocenters. The Kier molecular flexibility index (Phi) is 1.50. The summed E-state index contributed by atoms with van der Waals surface area (Å²) in [6.07, 6.45) is 1.82. The Labute approximate surface area is 48.7 Å². The Balaban J connectivity index is 2.14. The van der Waals surface area contributed by atoms with Gasteiger partial charge in [-0.3, -0.25) is 0 Å². The first-order chi connectivity index (χ1) is 3.86. The molecule has 0 bridgehead atoms. The summed E-state index contributed by atoms with van der Waals surface area (Å²) >= 11 is 0. The molecule has 0 aromatic heterocycles. The van der Waals surface area contributed by atoms with Crippen molar-refractivity contribution in [3.63, 3.8) is 0 Å². The highest BCUT2D eigenvalue weighted by molar-refractivity contribution is 4.93. The molecule has 0 radical (unpaired) electrons. The second-order valence-corrected chi connectivity index (χ2v) is 2.35. The lowest BCUT2D eigenvalue weighted by atomic mass is 9.76. The number of nitrogens with zero attached hydrogens (tertiary/aromatic N) is 1. The zero-order chi connectivity index (χ0) is 5.98. The van der Waals surface area contributed by atoms with Gasteiger partial charge in [-0.15, -0.1) is 0 Å². The standard InChI is InChI=1S/C6H9NO/c7-3-5-1-6(2-5)4-8/h5-6,8H,1-2,4H2/t5-,6+. The average Bonchev–Trinajstić information content (AvgIpc) is 1.65. The van der Waals surface area contributed by atoms with E-state index in [-0.39, 0.29) is 12.5 Å². The molecule has 0 heterocycles. The van der Waals surface area contributed by atoms with Crippen molar-refractivity contribution < 1.29 is 5.11 Å². The lowest BCUT2D eigenvalue weighted by Crippen LogP contribution is -2.24. The Morgan fingerprint density at radius 3 is 2.62 bits per heavy atom. The molecule has 1 N–H and O–H groups in total. The summed E-state index contributed by atoms with van der Waals surface area (Å²) in [5, 5.41) is 16.8. The molecule has 0 atom stereocenters. The summed E-state index contributed by atoms with van der Waals surface area (Å²) in [7, 11) is 0. The first-order valence-electron chi connectivity index (χ1n) is 2.87. The van der Waals surface area contributed by atoms with Gasteiger partial charge in [0.25, 0.3) is 0 Å². The average molecular weight is 111 g/mol. The van der Waals surface area contributed by atoms with Crippen LogP contribution < -0.4 is 0 Å². The largest absolute Gasteiger partial charge is 0.396 e. The molecule has 0 saturated heterocycles. The van der Waals surface area contributed by atoms with Crippen LogP contribution in [-0.2, 0) is 0 Å². The molecule has 1 fully saturated rings. The lowest BCUT2D eigenvalue weighted by Gasteiger charge is -2.28. The predicted octanol–water partition coefficient (Wildman–Crippen LogP) is 0.528. The Hall–Kier alpha value is -0.550. The van der Waals surface area contributed by atoms with E-state index in [1.165, 1.54) is 0 Å². The van der Waals surface area contributed by atoms with Crippen molar-refractivity contribution in [2.75, 3.05) is 6.61 Å². The van der Waals surface area contributed by atoms with Gasteiger partial charge in [-0.1, -0.05) is 0 Å². The van der Waals surface area contributed by atoms with Crippen LogP contribution in [0, 0.1) is 23.2 Å². The Morgan fingerprint density at radius 2 is 2.25 bits per heavy atom. The van der Waals surface area contributed by atoms with Crippen molar-refractivity contribution in [1.82, 2.24) is 0 Å². The maximum Gasteiger partial charge on any atom is 0.0656 e. The number of aliphatic hydroxyl groups is 1. The molecule has 2 nitrogen and oxygen atoms in total. The third-order valence-corrected chi connectivity index (χ3v) is 1.68. The maximum atomic E-state index is 8.49.